The van der Waals surface area contributed by atoms with Crippen molar-refractivity contribution >= 4 is 17.9 Å². The van der Waals surface area contributed by atoms with Crippen molar-refractivity contribution in [2.45, 2.75) is 19.8 Å². The van der Waals surface area contributed by atoms with E-state index in [4.69, 9.17) is 14.6 Å². The predicted molar refractivity (Wildman–Crippen MR) is 64.4 cm³/mol. The zero-order valence-corrected chi connectivity index (χ0v) is 10.8. The normalized spacial score (nSPS) is 10.4. The number of rotatable bonds is 10. The van der Waals surface area contributed by atoms with Gasteiger partial charge in [0.25, 0.3) is 0 Å². The molecule has 0 saturated heterocycles. The summed E-state index contributed by atoms with van der Waals surface area (Å²) in [7, 11) is 0. The van der Waals surface area contributed by atoms with Gasteiger partial charge in [-0.3, -0.25) is 0 Å². The highest BCUT2D eigenvalue weighted by Gasteiger charge is 2.06. The first-order valence-corrected chi connectivity index (χ1v) is 5.87. The molecule has 0 saturated carbocycles. The lowest BCUT2D eigenvalue weighted by molar-refractivity contribution is -0.157. The fourth-order valence-corrected chi connectivity index (χ4v) is 0.922. The average Bonchev–Trinajstić information content (AvgIpc) is 2.38. The van der Waals surface area contributed by atoms with Crippen LogP contribution in [0.4, 0.5) is 0 Å². The van der Waals surface area contributed by atoms with Crippen LogP contribution in [0.5, 0.6) is 0 Å². The minimum absolute atomic E-state index is 0.0884. The molecule has 0 aliphatic carbocycles. The van der Waals surface area contributed by atoms with E-state index in [0.29, 0.717) is 25.4 Å². The standard InChI is InChI=1S/C12H18O7/c1-2-3-6-17-7-8-18-12(16)9-19-11(15)5-4-10(13)14/h4-5H,2-3,6-9H2,1H3,(H,13,14)/b5-4+. The number of hydrogen-bond donors (Lipinski definition) is 1. The molecule has 7 heteroatoms. The molecule has 0 aliphatic rings. The maximum Gasteiger partial charge on any atom is 0.344 e. The molecule has 0 unspecified atom stereocenters. The lowest BCUT2D eigenvalue weighted by Crippen LogP contribution is -2.18. The van der Waals surface area contributed by atoms with Crippen LogP contribution in [0.15, 0.2) is 12.2 Å². The Morgan fingerprint density at radius 3 is 2.42 bits per heavy atom. The molecule has 7 nitrogen and oxygen atoms in total. The summed E-state index contributed by atoms with van der Waals surface area (Å²) in [6.45, 7) is 2.47. The van der Waals surface area contributed by atoms with Crippen LogP contribution in [0.25, 0.3) is 0 Å². The zero-order valence-electron chi connectivity index (χ0n) is 10.8. The molecule has 0 spiro atoms. The van der Waals surface area contributed by atoms with Gasteiger partial charge in [-0.25, -0.2) is 14.4 Å². The van der Waals surface area contributed by atoms with Crippen LogP contribution in [0.1, 0.15) is 19.8 Å². The van der Waals surface area contributed by atoms with Gasteiger partial charge in [-0.15, -0.1) is 0 Å². The number of carboxylic acids is 1. The highest BCUT2D eigenvalue weighted by molar-refractivity contribution is 5.91. The van der Waals surface area contributed by atoms with E-state index < -0.39 is 24.5 Å². The van der Waals surface area contributed by atoms with E-state index in [-0.39, 0.29) is 6.61 Å². The van der Waals surface area contributed by atoms with Crippen LogP contribution >= 0.6 is 0 Å². The van der Waals surface area contributed by atoms with Gasteiger partial charge in [-0.05, 0) is 6.42 Å². The lowest BCUT2D eigenvalue weighted by Gasteiger charge is -2.05. The molecule has 0 rings (SSSR count). The average molecular weight is 274 g/mol. The maximum atomic E-state index is 11.1. The van der Waals surface area contributed by atoms with Crippen molar-refractivity contribution in [1.82, 2.24) is 0 Å². The number of carboxylic acid groups (broad SMARTS) is 1. The number of hydrogen-bond acceptors (Lipinski definition) is 6. The van der Waals surface area contributed by atoms with Crippen molar-refractivity contribution in [3.63, 3.8) is 0 Å². The molecule has 19 heavy (non-hydrogen) atoms. The van der Waals surface area contributed by atoms with Gasteiger partial charge in [-0.1, -0.05) is 13.3 Å². The van der Waals surface area contributed by atoms with Crippen molar-refractivity contribution < 1.29 is 33.7 Å². The summed E-state index contributed by atoms with van der Waals surface area (Å²) in [6.07, 6.45) is 3.31. The largest absolute Gasteiger partial charge is 0.478 e. The molecule has 0 fully saturated rings. The van der Waals surface area contributed by atoms with Crippen LogP contribution in [0.3, 0.4) is 0 Å². The van der Waals surface area contributed by atoms with Gasteiger partial charge in [0.1, 0.15) is 6.61 Å². The van der Waals surface area contributed by atoms with Gasteiger partial charge < -0.3 is 19.3 Å². The number of carbonyl (C=O) groups excluding carboxylic acids is 2. The van der Waals surface area contributed by atoms with Crippen LogP contribution in [-0.4, -0.2) is 49.4 Å². The second-order valence-electron chi connectivity index (χ2n) is 3.47. The smallest absolute Gasteiger partial charge is 0.344 e. The van der Waals surface area contributed by atoms with Crippen LogP contribution in [0, 0.1) is 0 Å². The molecule has 0 aromatic rings. The van der Waals surface area contributed by atoms with Crippen molar-refractivity contribution in [2.24, 2.45) is 0 Å². The summed E-state index contributed by atoms with van der Waals surface area (Å²) in [4.78, 5) is 32.1. The predicted octanol–water partition coefficient (Wildman–Crippen LogP) is 0.530. The van der Waals surface area contributed by atoms with Gasteiger partial charge in [0.15, 0.2) is 6.61 Å². The summed E-state index contributed by atoms with van der Waals surface area (Å²) in [5, 5.41) is 8.24. The first-order valence-electron chi connectivity index (χ1n) is 5.87. The number of carbonyl (C=O) groups is 3. The van der Waals surface area contributed by atoms with E-state index in [1.165, 1.54) is 0 Å². The van der Waals surface area contributed by atoms with Gasteiger partial charge in [0.2, 0.25) is 0 Å². The van der Waals surface area contributed by atoms with Crippen molar-refractivity contribution in [3.8, 4) is 0 Å². The molecular weight excluding hydrogens is 256 g/mol. The Hall–Kier alpha value is -1.89. The molecule has 0 aromatic carbocycles. The minimum atomic E-state index is -1.27. The number of aliphatic carboxylic acids is 1. The molecular formula is C12H18O7. The van der Waals surface area contributed by atoms with Gasteiger partial charge in [0.05, 0.1) is 6.61 Å². The Morgan fingerprint density at radius 1 is 1.05 bits per heavy atom. The second-order valence-corrected chi connectivity index (χ2v) is 3.47. The highest BCUT2D eigenvalue weighted by Crippen LogP contribution is 1.89. The second kappa shape index (κ2) is 11.2. The third-order valence-electron chi connectivity index (χ3n) is 1.83. The molecule has 0 amide bonds. The first-order chi connectivity index (χ1) is 9.06. The summed E-state index contributed by atoms with van der Waals surface area (Å²) in [6, 6.07) is 0. The molecule has 0 bridgehead atoms. The Morgan fingerprint density at radius 2 is 1.79 bits per heavy atom. The molecule has 108 valence electrons. The third kappa shape index (κ3) is 12.4. The third-order valence-corrected chi connectivity index (χ3v) is 1.83. The van der Waals surface area contributed by atoms with Crippen molar-refractivity contribution in [1.29, 1.82) is 0 Å². The minimum Gasteiger partial charge on any atom is -0.478 e. The monoisotopic (exact) mass is 274 g/mol. The highest BCUT2D eigenvalue weighted by atomic mass is 16.6. The molecule has 1 N–H and O–H groups in total. The Balaban J connectivity index is 3.54. The Bertz CT molecular complexity index is 322. The summed E-state index contributed by atoms with van der Waals surface area (Å²) in [5.41, 5.74) is 0. The van der Waals surface area contributed by atoms with Crippen LogP contribution in [-0.2, 0) is 28.6 Å². The lowest BCUT2D eigenvalue weighted by atomic mass is 10.4. The summed E-state index contributed by atoms with van der Waals surface area (Å²) >= 11 is 0. The van der Waals surface area contributed by atoms with Gasteiger partial charge >= 0.3 is 17.9 Å². The number of esters is 2. The van der Waals surface area contributed by atoms with Crippen molar-refractivity contribution in [3.05, 3.63) is 12.2 Å². The van der Waals surface area contributed by atoms with Crippen LogP contribution < -0.4 is 0 Å². The van der Waals surface area contributed by atoms with E-state index in [1.54, 1.807) is 0 Å². The summed E-state index contributed by atoms with van der Waals surface area (Å²) < 4.78 is 14.3. The molecule has 0 radical (unpaired) electrons. The fraction of sp³-hybridized carbons (Fsp3) is 0.583. The summed E-state index contributed by atoms with van der Waals surface area (Å²) in [5.74, 6) is -2.90. The maximum absolute atomic E-state index is 11.1. The Kier molecular flexibility index (Phi) is 10.1. The van der Waals surface area contributed by atoms with Gasteiger partial charge in [-0.2, -0.15) is 0 Å². The van der Waals surface area contributed by atoms with E-state index in [2.05, 4.69) is 4.74 Å². The zero-order chi connectivity index (χ0) is 14.5. The number of unbranched alkanes of at least 4 members (excludes halogenated alkanes) is 1. The molecule has 0 aliphatic heterocycles. The van der Waals surface area contributed by atoms with E-state index in [1.807, 2.05) is 6.92 Å². The first kappa shape index (κ1) is 17.1. The molecule has 0 atom stereocenters. The molecule has 0 heterocycles. The number of ether oxygens (including phenoxy) is 3. The van der Waals surface area contributed by atoms with E-state index in [0.717, 1.165) is 12.8 Å². The van der Waals surface area contributed by atoms with Crippen molar-refractivity contribution in [2.75, 3.05) is 26.4 Å². The van der Waals surface area contributed by atoms with E-state index in [9.17, 15) is 14.4 Å². The Labute approximate surface area is 111 Å². The topological polar surface area (TPSA) is 99.1 Å². The quantitative estimate of drug-likeness (QED) is 0.352. The van der Waals surface area contributed by atoms with E-state index >= 15 is 0 Å². The fourth-order valence-electron chi connectivity index (χ4n) is 0.922. The SMILES string of the molecule is CCCCOCCOC(=O)COC(=O)/C=C/C(=O)O. The van der Waals surface area contributed by atoms with Crippen LogP contribution in [0.2, 0.25) is 0 Å². The van der Waals surface area contributed by atoms with Gasteiger partial charge in [0, 0.05) is 18.8 Å². The molecule has 0 aromatic heterocycles.